The normalized spacial score (nSPS) is 7.25. The zero-order valence-electron chi connectivity index (χ0n) is 4.03. The van der Waals surface area contributed by atoms with Gasteiger partial charge in [0.1, 0.15) is 0 Å². The molecule has 0 heterocycles. The fourth-order valence-corrected chi connectivity index (χ4v) is 0. The first kappa shape index (κ1) is 22.4. The molecule has 0 amide bonds. The van der Waals surface area contributed by atoms with Crippen LogP contribution in [0.5, 0.6) is 0 Å². The van der Waals surface area contributed by atoms with Crippen LogP contribution in [0.1, 0.15) is 0 Å². The summed E-state index contributed by atoms with van der Waals surface area (Å²) in [5.41, 5.74) is 0. The zero-order chi connectivity index (χ0) is 4.50. The van der Waals surface area contributed by atoms with Crippen molar-refractivity contribution in [2.45, 2.75) is 0 Å². The molecule has 4 nitrogen and oxygen atoms in total. The van der Waals surface area contributed by atoms with Gasteiger partial charge in [0.2, 0.25) is 0 Å². The van der Waals surface area contributed by atoms with Crippen molar-refractivity contribution in [1.82, 2.24) is 0 Å². The van der Waals surface area contributed by atoms with E-state index < -0.39 is 13.4 Å². The molecular weight excluding hydrogens is 225 g/mol. The van der Waals surface area contributed by atoms with Gasteiger partial charge in [0, 0.05) is 0 Å². The van der Waals surface area contributed by atoms with Crippen molar-refractivity contribution >= 4 is 23.1 Å². The van der Waals surface area contributed by atoms with Gasteiger partial charge in [-0.15, -0.1) is 0 Å². The predicted octanol–water partition coefficient (Wildman–Crippen LogP) is -6.00. The summed E-state index contributed by atoms with van der Waals surface area (Å²) in [7, 11) is 0. The van der Waals surface area contributed by atoms with E-state index in [-0.39, 0.29) is 69.1 Å². The second-order valence-corrected chi connectivity index (χ2v) is 1.56. The third-order valence-corrected chi connectivity index (χ3v) is 0. The Morgan fingerprint density at radius 3 is 1.12 bits per heavy atom. The molecule has 0 aromatic heterocycles. The molecule has 0 saturated carbocycles. The van der Waals surface area contributed by atoms with Crippen LogP contribution < -0.4 is 37.9 Å². The summed E-state index contributed by atoms with van der Waals surface area (Å²) >= 11 is -5.62. The van der Waals surface area contributed by atoms with E-state index in [4.69, 9.17) is 16.0 Å². The van der Waals surface area contributed by atoms with Gasteiger partial charge in [0.15, 0.2) is 0 Å². The van der Waals surface area contributed by atoms with Crippen LogP contribution in [0.2, 0.25) is 0 Å². The summed E-state index contributed by atoms with van der Waals surface area (Å²) in [5, 5.41) is 0. The summed E-state index contributed by atoms with van der Waals surface area (Å²) in [6, 6.07) is 0. The van der Waals surface area contributed by atoms with E-state index in [2.05, 4.69) is 0 Å². The molecule has 41 valence electrons. The van der Waals surface area contributed by atoms with Gasteiger partial charge in [0.05, 0.1) is 0 Å². The topological polar surface area (TPSA) is 80.3 Å². The summed E-state index contributed by atoms with van der Waals surface area (Å²) in [6.45, 7) is 0. The number of rotatable bonds is 0. The summed E-state index contributed by atoms with van der Waals surface area (Å²) in [5.74, 6) is 0. The third-order valence-electron chi connectivity index (χ3n) is 0. The van der Waals surface area contributed by atoms with Crippen molar-refractivity contribution in [2.24, 2.45) is 0 Å². The standard InChI is InChI=1S/Mg.Mn.Na.Ni.4O/q+2;;+1;+2;;;2*-1. The molecule has 0 aromatic rings. The molecule has 0 N–H and O–H groups in total. The Hall–Kier alpha value is 2.30. The molecule has 8 heteroatoms. The molecule has 8 heavy (non-hydrogen) atoms. The van der Waals surface area contributed by atoms with Crippen LogP contribution in [0.4, 0.5) is 0 Å². The molecular formula is MgMnNaNiO4+3. The molecule has 0 saturated heterocycles. The van der Waals surface area contributed by atoms with E-state index in [0.29, 0.717) is 0 Å². The summed E-state index contributed by atoms with van der Waals surface area (Å²) < 4.78 is 34.3. The number of hydrogen-bond acceptors (Lipinski definition) is 4. The van der Waals surface area contributed by atoms with Crippen molar-refractivity contribution in [3.05, 3.63) is 0 Å². The Labute approximate surface area is 97.1 Å². The molecule has 0 aromatic carbocycles. The Kier molecular flexibility index (Phi) is 26.1. The van der Waals surface area contributed by atoms with Crippen LogP contribution in [0.15, 0.2) is 0 Å². The Balaban J connectivity index is -0.0000000267. The van der Waals surface area contributed by atoms with Gasteiger partial charge >= 0.3 is 98.5 Å². The van der Waals surface area contributed by atoms with Gasteiger partial charge in [-0.3, -0.25) is 0 Å². The molecule has 0 spiro atoms. The van der Waals surface area contributed by atoms with Crippen molar-refractivity contribution in [1.29, 1.82) is 0 Å². The Morgan fingerprint density at radius 1 is 1.12 bits per heavy atom. The van der Waals surface area contributed by atoms with Crippen LogP contribution in [-0.2, 0) is 37.5 Å². The summed E-state index contributed by atoms with van der Waals surface area (Å²) in [6.07, 6.45) is 0. The number of hydrogen-bond donors (Lipinski definition) is 0. The van der Waals surface area contributed by atoms with Gasteiger partial charge in [-0.2, -0.15) is 0 Å². The first-order valence-electron chi connectivity index (χ1n) is 0.617. The van der Waals surface area contributed by atoms with Gasteiger partial charge < -0.3 is 0 Å². The molecule has 0 aliphatic rings. The average Bonchev–Trinajstić information content (AvgIpc) is 0.722. The van der Waals surface area contributed by atoms with Crippen LogP contribution in [0.3, 0.4) is 0 Å². The van der Waals surface area contributed by atoms with E-state index in [1.54, 1.807) is 0 Å². The molecule has 0 aliphatic heterocycles. The first-order valence-corrected chi connectivity index (χ1v) is 2.54. The van der Waals surface area contributed by atoms with Crippen LogP contribution >= 0.6 is 0 Å². The molecule has 0 radical (unpaired) electrons. The summed E-state index contributed by atoms with van der Waals surface area (Å²) in [4.78, 5) is 0. The van der Waals surface area contributed by atoms with Crippen LogP contribution in [0, 0.1) is 0 Å². The predicted molar refractivity (Wildman–Crippen MR) is 7.13 cm³/mol. The van der Waals surface area contributed by atoms with Gasteiger partial charge in [-0.1, -0.05) is 0 Å². The van der Waals surface area contributed by atoms with Crippen molar-refractivity contribution in [3.8, 4) is 0 Å². The molecule has 0 aliphatic carbocycles. The monoisotopic (exact) mass is 224 g/mol. The molecule has 0 rings (SSSR count). The van der Waals surface area contributed by atoms with E-state index in [1.807, 2.05) is 0 Å². The van der Waals surface area contributed by atoms with Crippen molar-refractivity contribution in [2.75, 3.05) is 0 Å². The van der Waals surface area contributed by atoms with E-state index in [9.17, 15) is 0 Å². The fraction of sp³-hybridized carbons (Fsp3) is 0. The van der Waals surface area contributed by atoms with Gasteiger partial charge in [-0.25, -0.2) is 0 Å². The Morgan fingerprint density at radius 2 is 1.12 bits per heavy atom. The molecule has 0 bridgehead atoms. The van der Waals surface area contributed by atoms with Gasteiger partial charge in [0.25, 0.3) is 0 Å². The van der Waals surface area contributed by atoms with E-state index >= 15 is 0 Å². The first-order chi connectivity index (χ1) is 2.00. The minimum absolute atomic E-state index is 0. The quantitative estimate of drug-likeness (QED) is 0.384. The Bertz CT molecular complexity index is 99.2. The van der Waals surface area contributed by atoms with Gasteiger partial charge in [-0.05, 0) is 0 Å². The SMILES string of the molecule is [Mg+2].[Na+].[Ni+2].[O]=[Mn](=[O])([O-])[O-]. The van der Waals surface area contributed by atoms with Crippen LogP contribution in [0.25, 0.3) is 0 Å². The molecule has 0 unspecified atom stereocenters. The van der Waals surface area contributed by atoms with E-state index in [0.717, 1.165) is 0 Å². The maximum absolute atomic E-state index is 8.58. The van der Waals surface area contributed by atoms with Crippen molar-refractivity contribution < 1.29 is 75.5 Å². The molecule has 0 atom stereocenters. The zero-order valence-corrected chi connectivity index (χ0v) is 9.62. The van der Waals surface area contributed by atoms with Crippen molar-refractivity contribution in [3.63, 3.8) is 0 Å². The third kappa shape index (κ3) is 83.6. The minimum atomic E-state index is -5.62. The fourth-order valence-electron chi connectivity index (χ4n) is 0. The second kappa shape index (κ2) is 9.30. The van der Waals surface area contributed by atoms with Crippen LogP contribution in [-0.4, -0.2) is 23.1 Å². The average molecular weight is 225 g/mol. The molecule has 0 fully saturated rings. The maximum atomic E-state index is 8.58. The second-order valence-electron chi connectivity index (χ2n) is 0.378. The van der Waals surface area contributed by atoms with E-state index in [1.165, 1.54) is 0 Å².